The van der Waals surface area contributed by atoms with Gasteiger partial charge in [-0.15, -0.1) is 0 Å². The number of rotatable bonds is 2. The lowest BCUT2D eigenvalue weighted by atomic mass is 9.74. The summed E-state index contributed by atoms with van der Waals surface area (Å²) in [5.41, 5.74) is 3.36. The molecule has 1 aliphatic heterocycles. The minimum absolute atomic E-state index is 0.122. The van der Waals surface area contributed by atoms with Crippen molar-refractivity contribution in [1.82, 2.24) is 0 Å². The van der Waals surface area contributed by atoms with Crippen LogP contribution in [0.4, 0.5) is 0 Å². The van der Waals surface area contributed by atoms with Gasteiger partial charge in [-0.3, -0.25) is 4.79 Å². The number of cyclic esters (lactones) is 1. The highest BCUT2D eigenvalue weighted by Gasteiger charge is 2.40. The second-order valence-corrected chi connectivity index (χ2v) is 6.72. The molecule has 4 rings (SSSR count). The quantitative estimate of drug-likeness (QED) is 0.538. The average molecular weight is 330 g/mol. The van der Waals surface area contributed by atoms with Gasteiger partial charge < -0.3 is 4.74 Å². The molecule has 0 bridgehead atoms. The molecule has 0 saturated heterocycles. The van der Waals surface area contributed by atoms with E-state index in [0.717, 1.165) is 42.6 Å². The number of ether oxygens (including phenoxy) is 1. The van der Waals surface area contributed by atoms with Crippen molar-refractivity contribution >= 4 is 11.7 Å². The molecule has 2 heteroatoms. The zero-order chi connectivity index (χ0) is 17.1. The summed E-state index contributed by atoms with van der Waals surface area (Å²) in [4.78, 5) is 13.0. The third-order valence-corrected chi connectivity index (χ3v) is 5.18. The van der Waals surface area contributed by atoms with Crippen molar-refractivity contribution in [2.24, 2.45) is 5.92 Å². The molecule has 0 saturated carbocycles. The second kappa shape index (κ2) is 7.10. The lowest BCUT2D eigenvalue weighted by Gasteiger charge is -2.35. The van der Waals surface area contributed by atoms with Gasteiger partial charge in [-0.25, -0.2) is 0 Å². The summed E-state index contributed by atoms with van der Waals surface area (Å²) in [6.07, 6.45) is 8.44. The lowest BCUT2D eigenvalue weighted by Crippen LogP contribution is -2.31. The topological polar surface area (TPSA) is 26.3 Å². The van der Waals surface area contributed by atoms with Gasteiger partial charge in [-0.2, -0.15) is 0 Å². The van der Waals surface area contributed by atoms with Gasteiger partial charge in [0.1, 0.15) is 5.76 Å². The first kappa shape index (κ1) is 15.9. The van der Waals surface area contributed by atoms with Crippen molar-refractivity contribution in [3.05, 3.63) is 89.5 Å². The highest BCUT2D eigenvalue weighted by Crippen LogP contribution is 2.45. The number of hydrogen-bond acceptors (Lipinski definition) is 2. The Labute approximate surface area is 148 Å². The predicted molar refractivity (Wildman–Crippen MR) is 99.7 cm³/mol. The number of fused-ring (bicyclic) bond motifs is 1. The Morgan fingerprint density at radius 3 is 2.28 bits per heavy atom. The van der Waals surface area contributed by atoms with E-state index in [1.807, 2.05) is 60.7 Å². The third-order valence-electron chi connectivity index (χ3n) is 5.18. The molecule has 0 radical (unpaired) electrons. The highest BCUT2D eigenvalue weighted by molar-refractivity contribution is 5.88. The SMILES string of the molecule is O=C1OC(c2ccccc2)=C2CCC=CCC[C@H]2[C@@H]1c1ccccc1. The molecule has 2 aromatic rings. The van der Waals surface area contributed by atoms with Crippen LogP contribution >= 0.6 is 0 Å². The van der Waals surface area contributed by atoms with Gasteiger partial charge in [0, 0.05) is 11.5 Å². The molecule has 0 N–H and O–H groups in total. The third kappa shape index (κ3) is 3.17. The predicted octanol–water partition coefficient (Wildman–Crippen LogP) is 5.48. The fraction of sp³-hybridized carbons (Fsp3) is 0.261. The standard InChI is InChI=1S/C23H22O2/c24-23-21(17-11-5-3-6-12-17)19-15-9-1-2-10-16-20(19)22(25-23)18-13-7-4-8-14-18/h1-8,11-14,19,21H,9-10,15-16H2/t19-,21+/m1/s1. The van der Waals surface area contributed by atoms with Crippen LogP contribution in [0, 0.1) is 5.92 Å². The Hall–Kier alpha value is -2.61. The number of allylic oxidation sites excluding steroid dienone is 3. The van der Waals surface area contributed by atoms with Crippen LogP contribution in [-0.4, -0.2) is 5.97 Å². The molecule has 2 aromatic carbocycles. The average Bonchev–Trinajstić information content (AvgIpc) is 2.64. The van der Waals surface area contributed by atoms with Gasteiger partial charge >= 0.3 is 5.97 Å². The van der Waals surface area contributed by atoms with Crippen LogP contribution in [0.5, 0.6) is 0 Å². The van der Waals surface area contributed by atoms with Crippen LogP contribution in [0.3, 0.4) is 0 Å². The molecule has 1 heterocycles. The maximum atomic E-state index is 13.0. The fourth-order valence-corrected chi connectivity index (χ4v) is 4.02. The van der Waals surface area contributed by atoms with E-state index in [4.69, 9.17) is 4.74 Å². The van der Waals surface area contributed by atoms with Crippen molar-refractivity contribution in [2.75, 3.05) is 0 Å². The van der Waals surface area contributed by atoms with E-state index in [1.165, 1.54) is 5.57 Å². The van der Waals surface area contributed by atoms with Crippen molar-refractivity contribution in [1.29, 1.82) is 0 Å². The molecule has 0 spiro atoms. The van der Waals surface area contributed by atoms with Crippen LogP contribution in [-0.2, 0) is 9.53 Å². The van der Waals surface area contributed by atoms with Crippen LogP contribution in [0.1, 0.15) is 42.7 Å². The first-order valence-electron chi connectivity index (χ1n) is 9.04. The van der Waals surface area contributed by atoms with Gasteiger partial charge in [0.2, 0.25) is 0 Å². The zero-order valence-electron chi connectivity index (χ0n) is 14.2. The zero-order valence-corrected chi connectivity index (χ0v) is 14.2. The first-order valence-corrected chi connectivity index (χ1v) is 9.04. The largest absolute Gasteiger partial charge is 0.425 e. The summed E-state index contributed by atoms with van der Waals surface area (Å²) in [6, 6.07) is 20.1. The number of hydrogen-bond donors (Lipinski definition) is 0. The minimum atomic E-state index is -0.199. The van der Waals surface area contributed by atoms with E-state index in [-0.39, 0.29) is 17.8 Å². The molecule has 0 aromatic heterocycles. The van der Waals surface area contributed by atoms with Gasteiger partial charge in [0.15, 0.2) is 0 Å². The normalized spacial score (nSPS) is 23.4. The monoisotopic (exact) mass is 330 g/mol. The molecule has 2 aliphatic rings. The Balaban J connectivity index is 1.83. The number of carbonyl (C=O) groups excluding carboxylic acids is 1. The number of benzene rings is 2. The van der Waals surface area contributed by atoms with Gasteiger partial charge in [-0.05, 0) is 36.8 Å². The summed E-state index contributed by atoms with van der Waals surface area (Å²) < 4.78 is 5.92. The maximum Gasteiger partial charge on any atom is 0.319 e. The summed E-state index contributed by atoms with van der Waals surface area (Å²) in [6.45, 7) is 0. The van der Waals surface area contributed by atoms with Crippen LogP contribution < -0.4 is 0 Å². The van der Waals surface area contributed by atoms with Gasteiger partial charge in [-0.1, -0.05) is 72.8 Å². The maximum absolute atomic E-state index is 13.0. The summed E-state index contributed by atoms with van der Waals surface area (Å²) in [7, 11) is 0. The van der Waals surface area contributed by atoms with E-state index in [0.29, 0.717) is 0 Å². The lowest BCUT2D eigenvalue weighted by molar-refractivity contribution is -0.140. The summed E-state index contributed by atoms with van der Waals surface area (Å²) in [5.74, 6) is 0.681. The Kier molecular flexibility index (Phi) is 4.51. The van der Waals surface area contributed by atoms with E-state index in [2.05, 4.69) is 12.2 Å². The highest BCUT2D eigenvalue weighted by atomic mass is 16.5. The molecule has 126 valence electrons. The van der Waals surface area contributed by atoms with Gasteiger partial charge in [0.25, 0.3) is 0 Å². The van der Waals surface area contributed by atoms with E-state index < -0.39 is 0 Å². The Morgan fingerprint density at radius 2 is 1.52 bits per heavy atom. The molecule has 1 aliphatic carbocycles. The van der Waals surface area contributed by atoms with Crippen LogP contribution in [0.2, 0.25) is 0 Å². The number of esters is 1. The molecule has 25 heavy (non-hydrogen) atoms. The second-order valence-electron chi connectivity index (χ2n) is 6.72. The number of carbonyl (C=O) groups is 1. The Bertz CT molecular complexity index is 803. The molecule has 2 atom stereocenters. The minimum Gasteiger partial charge on any atom is -0.425 e. The molecule has 0 amide bonds. The van der Waals surface area contributed by atoms with E-state index >= 15 is 0 Å². The van der Waals surface area contributed by atoms with Crippen LogP contribution in [0.15, 0.2) is 78.4 Å². The molecular formula is C23H22O2. The molecular weight excluding hydrogens is 308 g/mol. The van der Waals surface area contributed by atoms with E-state index in [9.17, 15) is 4.79 Å². The molecule has 2 nitrogen and oxygen atoms in total. The van der Waals surface area contributed by atoms with Crippen molar-refractivity contribution in [3.63, 3.8) is 0 Å². The summed E-state index contributed by atoms with van der Waals surface area (Å²) in [5, 5.41) is 0. The molecule has 0 fully saturated rings. The Morgan fingerprint density at radius 1 is 0.840 bits per heavy atom. The fourth-order valence-electron chi connectivity index (χ4n) is 4.02. The smallest absolute Gasteiger partial charge is 0.319 e. The van der Waals surface area contributed by atoms with Crippen molar-refractivity contribution in [3.8, 4) is 0 Å². The summed E-state index contributed by atoms with van der Waals surface area (Å²) >= 11 is 0. The van der Waals surface area contributed by atoms with Crippen LogP contribution in [0.25, 0.3) is 5.76 Å². The van der Waals surface area contributed by atoms with E-state index in [1.54, 1.807) is 0 Å². The molecule has 0 unspecified atom stereocenters. The first-order chi connectivity index (χ1) is 12.3. The van der Waals surface area contributed by atoms with Crippen molar-refractivity contribution < 1.29 is 9.53 Å². The van der Waals surface area contributed by atoms with Crippen molar-refractivity contribution in [2.45, 2.75) is 31.6 Å². The van der Waals surface area contributed by atoms with Gasteiger partial charge in [0.05, 0.1) is 5.92 Å².